The lowest BCUT2D eigenvalue weighted by Crippen LogP contribution is -2.33. The summed E-state index contributed by atoms with van der Waals surface area (Å²) < 4.78 is 0. The van der Waals surface area contributed by atoms with E-state index in [9.17, 15) is 5.11 Å². The van der Waals surface area contributed by atoms with Crippen molar-refractivity contribution >= 4 is 11.3 Å². The Balaban J connectivity index is 2.04. The molecule has 18 heavy (non-hydrogen) atoms. The van der Waals surface area contributed by atoms with Gasteiger partial charge in [-0.1, -0.05) is 20.8 Å². The molecule has 1 fully saturated rings. The molecular formula is C14H24N2OS. The largest absolute Gasteiger partial charge is 0.391 e. The summed E-state index contributed by atoms with van der Waals surface area (Å²) in [5.41, 5.74) is 1.09. The van der Waals surface area contributed by atoms with Gasteiger partial charge in [-0.25, -0.2) is 4.98 Å². The predicted molar refractivity (Wildman–Crippen MR) is 75.8 cm³/mol. The number of hydrogen-bond donors (Lipinski definition) is 1. The number of aliphatic hydroxyl groups excluding tert-OH is 1. The Hall–Kier alpha value is -0.450. The summed E-state index contributed by atoms with van der Waals surface area (Å²) in [7, 11) is 0. The Morgan fingerprint density at radius 2 is 2.28 bits per heavy atom. The number of piperidine rings is 1. The maximum Gasteiger partial charge on any atom is 0.107 e. The first-order chi connectivity index (χ1) is 8.60. The van der Waals surface area contributed by atoms with Crippen LogP contribution in [0.2, 0.25) is 0 Å². The zero-order valence-electron chi connectivity index (χ0n) is 11.6. The summed E-state index contributed by atoms with van der Waals surface area (Å²) in [6.45, 7) is 10.1. The topological polar surface area (TPSA) is 36.4 Å². The smallest absolute Gasteiger partial charge is 0.107 e. The molecule has 1 aliphatic rings. The molecule has 2 rings (SSSR count). The Bertz CT molecular complexity index is 389. The van der Waals surface area contributed by atoms with Gasteiger partial charge in [-0.15, -0.1) is 11.3 Å². The molecule has 1 saturated heterocycles. The van der Waals surface area contributed by atoms with Crippen molar-refractivity contribution in [2.24, 2.45) is 5.92 Å². The minimum atomic E-state index is 0.127. The van der Waals surface area contributed by atoms with E-state index < -0.39 is 0 Å². The molecule has 1 aromatic rings. The highest BCUT2D eigenvalue weighted by molar-refractivity contribution is 7.11. The van der Waals surface area contributed by atoms with E-state index in [1.165, 1.54) is 25.9 Å². The zero-order valence-corrected chi connectivity index (χ0v) is 12.5. The third kappa shape index (κ3) is 3.31. The van der Waals surface area contributed by atoms with Gasteiger partial charge in [-0.2, -0.15) is 0 Å². The maximum atomic E-state index is 9.39. The number of aromatic nitrogens is 1. The Kier molecular flexibility index (Phi) is 4.76. The molecule has 3 nitrogen and oxygen atoms in total. The number of aliphatic hydroxyl groups is 1. The predicted octanol–water partition coefficient (Wildman–Crippen LogP) is 2.99. The first-order valence-electron chi connectivity index (χ1n) is 6.91. The molecule has 1 unspecified atom stereocenters. The molecule has 4 heteroatoms. The van der Waals surface area contributed by atoms with Crippen molar-refractivity contribution in [3.63, 3.8) is 0 Å². The number of nitrogens with zero attached hydrogens (tertiary/aromatic N) is 2. The average Bonchev–Trinajstić information content (AvgIpc) is 2.72. The van der Waals surface area contributed by atoms with Crippen molar-refractivity contribution in [1.29, 1.82) is 0 Å². The molecule has 102 valence electrons. The van der Waals surface area contributed by atoms with E-state index in [-0.39, 0.29) is 6.61 Å². The zero-order chi connectivity index (χ0) is 13.1. The highest BCUT2D eigenvalue weighted by Crippen LogP contribution is 2.27. The second-order valence-corrected chi connectivity index (χ2v) is 6.88. The van der Waals surface area contributed by atoms with Crippen LogP contribution in [0, 0.1) is 5.92 Å². The second kappa shape index (κ2) is 6.13. The number of likely N-dealkylation sites (tertiary alicyclic amines) is 1. The standard InChI is InChI=1S/C14H24N2OS/c1-10(2)14-12(9-17)18-13(15-14)8-16-6-4-5-11(3)7-16/h10-11,17H,4-9H2,1-3H3. The van der Waals surface area contributed by atoms with Crippen LogP contribution >= 0.6 is 11.3 Å². The fourth-order valence-electron chi connectivity index (χ4n) is 2.67. The normalized spacial score (nSPS) is 21.7. The van der Waals surface area contributed by atoms with Crippen LogP contribution in [0.25, 0.3) is 0 Å². The van der Waals surface area contributed by atoms with Gasteiger partial charge in [-0.3, -0.25) is 4.90 Å². The highest BCUT2D eigenvalue weighted by atomic mass is 32.1. The van der Waals surface area contributed by atoms with E-state index >= 15 is 0 Å². The molecular weight excluding hydrogens is 244 g/mol. The van der Waals surface area contributed by atoms with Crippen LogP contribution in [0.3, 0.4) is 0 Å². The van der Waals surface area contributed by atoms with Gasteiger partial charge in [0.1, 0.15) is 5.01 Å². The van der Waals surface area contributed by atoms with E-state index in [0.29, 0.717) is 5.92 Å². The maximum absolute atomic E-state index is 9.39. The highest BCUT2D eigenvalue weighted by Gasteiger charge is 2.19. The molecule has 1 atom stereocenters. The van der Waals surface area contributed by atoms with Crippen LogP contribution in [0.4, 0.5) is 0 Å². The molecule has 1 aromatic heterocycles. The molecule has 0 radical (unpaired) electrons. The van der Waals surface area contributed by atoms with Gasteiger partial charge in [0, 0.05) is 6.54 Å². The van der Waals surface area contributed by atoms with Gasteiger partial charge in [-0.05, 0) is 31.2 Å². The quantitative estimate of drug-likeness (QED) is 0.912. The lowest BCUT2D eigenvalue weighted by atomic mass is 10.0. The fraction of sp³-hybridized carbons (Fsp3) is 0.786. The lowest BCUT2D eigenvalue weighted by molar-refractivity contribution is 0.176. The van der Waals surface area contributed by atoms with Crippen LogP contribution < -0.4 is 0 Å². The number of thiazole rings is 1. The van der Waals surface area contributed by atoms with Crippen LogP contribution in [0.5, 0.6) is 0 Å². The summed E-state index contributed by atoms with van der Waals surface area (Å²) in [6.07, 6.45) is 2.66. The number of hydrogen-bond acceptors (Lipinski definition) is 4. The van der Waals surface area contributed by atoms with Crippen LogP contribution in [0.15, 0.2) is 0 Å². The second-order valence-electron chi connectivity index (χ2n) is 5.71. The van der Waals surface area contributed by atoms with Crippen molar-refractivity contribution in [2.75, 3.05) is 13.1 Å². The molecule has 0 aliphatic carbocycles. The third-order valence-electron chi connectivity index (χ3n) is 3.56. The average molecular weight is 268 g/mol. The van der Waals surface area contributed by atoms with Crippen LogP contribution in [-0.2, 0) is 13.2 Å². The molecule has 0 amide bonds. The van der Waals surface area contributed by atoms with Gasteiger partial charge in [0.05, 0.1) is 23.7 Å². The van der Waals surface area contributed by atoms with E-state index in [1.807, 2.05) is 0 Å². The summed E-state index contributed by atoms with van der Waals surface area (Å²) in [5.74, 6) is 1.21. The van der Waals surface area contributed by atoms with Gasteiger partial charge in [0.15, 0.2) is 0 Å². The molecule has 0 spiro atoms. The lowest BCUT2D eigenvalue weighted by Gasteiger charge is -2.29. The van der Waals surface area contributed by atoms with E-state index in [2.05, 4.69) is 25.7 Å². The summed E-state index contributed by atoms with van der Waals surface area (Å²) >= 11 is 1.68. The molecule has 0 bridgehead atoms. The molecule has 2 heterocycles. The minimum Gasteiger partial charge on any atom is -0.391 e. The first kappa shape index (κ1) is 14.0. The van der Waals surface area contributed by atoms with E-state index in [1.54, 1.807) is 11.3 Å². The Morgan fingerprint density at radius 1 is 1.50 bits per heavy atom. The van der Waals surface area contributed by atoms with Crippen LogP contribution in [-0.4, -0.2) is 28.1 Å². The van der Waals surface area contributed by atoms with Crippen molar-refractivity contribution in [1.82, 2.24) is 9.88 Å². The SMILES string of the molecule is CC1CCCN(Cc2nc(C(C)C)c(CO)s2)C1. The van der Waals surface area contributed by atoms with Crippen molar-refractivity contribution in [3.05, 3.63) is 15.6 Å². The van der Waals surface area contributed by atoms with Gasteiger partial charge < -0.3 is 5.11 Å². The van der Waals surface area contributed by atoms with Crippen molar-refractivity contribution in [2.45, 2.75) is 52.7 Å². The van der Waals surface area contributed by atoms with Crippen LogP contribution in [0.1, 0.15) is 55.1 Å². The van der Waals surface area contributed by atoms with E-state index in [0.717, 1.165) is 28.0 Å². The van der Waals surface area contributed by atoms with E-state index in [4.69, 9.17) is 4.98 Å². The molecule has 1 N–H and O–H groups in total. The molecule has 1 aliphatic heterocycles. The van der Waals surface area contributed by atoms with Crippen molar-refractivity contribution in [3.8, 4) is 0 Å². The Labute approximate surface area is 114 Å². The first-order valence-corrected chi connectivity index (χ1v) is 7.73. The monoisotopic (exact) mass is 268 g/mol. The number of rotatable bonds is 4. The molecule has 0 aromatic carbocycles. The molecule has 0 saturated carbocycles. The third-order valence-corrected chi connectivity index (χ3v) is 4.60. The van der Waals surface area contributed by atoms with Gasteiger partial charge >= 0.3 is 0 Å². The minimum absolute atomic E-state index is 0.127. The van der Waals surface area contributed by atoms with Crippen molar-refractivity contribution < 1.29 is 5.11 Å². The Morgan fingerprint density at radius 3 is 2.83 bits per heavy atom. The summed E-state index contributed by atoms with van der Waals surface area (Å²) in [6, 6.07) is 0. The summed E-state index contributed by atoms with van der Waals surface area (Å²) in [4.78, 5) is 8.26. The van der Waals surface area contributed by atoms with Gasteiger partial charge in [0.2, 0.25) is 0 Å². The summed E-state index contributed by atoms with van der Waals surface area (Å²) in [5, 5.41) is 10.5. The fourth-order valence-corrected chi connectivity index (χ4v) is 3.79. The van der Waals surface area contributed by atoms with Gasteiger partial charge in [0.25, 0.3) is 0 Å².